The Morgan fingerprint density at radius 1 is 1.45 bits per heavy atom. The van der Waals surface area contributed by atoms with E-state index >= 15 is 0 Å². The number of aryl methyl sites for hydroxylation is 1. The van der Waals surface area contributed by atoms with Gasteiger partial charge in [0, 0.05) is 12.5 Å². The number of nitrogens with zero attached hydrogens (tertiary/aromatic N) is 1. The molecule has 0 saturated carbocycles. The van der Waals surface area contributed by atoms with E-state index in [0.29, 0.717) is 5.69 Å². The molecule has 0 aliphatic rings. The molecule has 0 aliphatic carbocycles. The van der Waals surface area contributed by atoms with Gasteiger partial charge in [0.25, 0.3) is 0 Å². The molecule has 0 amide bonds. The molecule has 0 bridgehead atoms. The maximum atomic E-state index is 14.0. The highest BCUT2D eigenvalue weighted by Crippen LogP contribution is 2.27. The van der Waals surface area contributed by atoms with E-state index in [1.165, 1.54) is 0 Å². The summed E-state index contributed by atoms with van der Waals surface area (Å²) < 4.78 is 19.5. The van der Waals surface area contributed by atoms with Crippen LogP contribution in [0.4, 0.5) is 10.1 Å². The molecular formula is C15H14BrFN2O. The minimum Gasteiger partial charge on any atom is -0.469 e. The summed E-state index contributed by atoms with van der Waals surface area (Å²) in [6.07, 6.45) is 3.26. The van der Waals surface area contributed by atoms with Crippen molar-refractivity contribution in [1.29, 1.82) is 5.26 Å². The Bertz CT molecular complexity index is 620. The zero-order valence-corrected chi connectivity index (χ0v) is 12.6. The van der Waals surface area contributed by atoms with Crippen LogP contribution < -0.4 is 5.32 Å². The highest BCUT2D eigenvalue weighted by molar-refractivity contribution is 9.10. The van der Waals surface area contributed by atoms with E-state index in [9.17, 15) is 4.39 Å². The molecule has 20 heavy (non-hydrogen) atoms. The van der Waals surface area contributed by atoms with Gasteiger partial charge in [0.05, 0.1) is 22.0 Å². The Hall–Kier alpha value is -1.80. The Balaban J connectivity index is 1.99. The maximum absolute atomic E-state index is 14.0. The third-order valence-electron chi connectivity index (χ3n) is 3.01. The quantitative estimate of drug-likeness (QED) is 0.875. The summed E-state index contributed by atoms with van der Waals surface area (Å²) in [6.45, 7) is 1.98. The molecule has 0 radical (unpaired) electrons. The lowest BCUT2D eigenvalue weighted by atomic mass is 10.1. The van der Waals surface area contributed by atoms with Gasteiger partial charge in [-0.1, -0.05) is 0 Å². The van der Waals surface area contributed by atoms with Crippen LogP contribution in [0.25, 0.3) is 0 Å². The summed E-state index contributed by atoms with van der Waals surface area (Å²) in [7, 11) is 0. The molecule has 1 unspecified atom stereocenters. The molecule has 0 saturated heterocycles. The zero-order valence-electron chi connectivity index (χ0n) is 11.0. The topological polar surface area (TPSA) is 49.0 Å². The SMILES string of the molecule is CC(CCc1ccco1)Nc1ccc(C#N)c(Br)c1F. The number of hydrogen-bond acceptors (Lipinski definition) is 3. The highest BCUT2D eigenvalue weighted by atomic mass is 79.9. The summed E-state index contributed by atoms with van der Waals surface area (Å²) in [5.41, 5.74) is 0.680. The molecule has 104 valence electrons. The van der Waals surface area contributed by atoms with Crippen molar-refractivity contribution in [1.82, 2.24) is 0 Å². The summed E-state index contributed by atoms with van der Waals surface area (Å²) in [4.78, 5) is 0. The van der Waals surface area contributed by atoms with Crippen molar-refractivity contribution in [2.45, 2.75) is 25.8 Å². The molecule has 3 nitrogen and oxygen atoms in total. The second-order valence-electron chi connectivity index (χ2n) is 4.56. The first kappa shape index (κ1) is 14.6. The first-order chi connectivity index (χ1) is 9.61. The zero-order chi connectivity index (χ0) is 14.5. The highest BCUT2D eigenvalue weighted by Gasteiger charge is 2.13. The lowest BCUT2D eigenvalue weighted by molar-refractivity contribution is 0.494. The van der Waals surface area contributed by atoms with Crippen LogP contribution in [-0.2, 0) is 6.42 Å². The van der Waals surface area contributed by atoms with Gasteiger partial charge in [-0.3, -0.25) is 0 Å². The third kappa shape index (κ3) is 3.40. The number of anilines is 1. The largest absolute Gasteiger partial charge is 0.469 e. The van der Waals surface area contributed by atoms with Gasteiger partial charge in [0.1, 0.15) is 11.8 Å². The molecule has 1 N–H and O–H groups in total. The molecule has 0 aliphatic heterocycles. The summed E-state index contributed by atoms with van der Waals surface area (Å²) in [6, 6.07) is 8.98. The predicted molar refractivity (Wildman–Crippen MR) is 78.9 cm³/mol. The van der Waals surface area contributed by atoms with Crippen LogP contribution in [0.15, 0.2) is 39.4 Å². The fraction of sp³-hybridized carbons (Fsp3) is 0.267. The van der Waals surface area contributed by atoms with Crippen LogP contribution in [-0.4, -0.2) is 6.04 Å². The second kappa shape index (κ2) is 6.58. The minimum absolute atomic E-state index is 0.0921. The van der Waals surface area contributed by atoms with Crippen LogP contribution in [0.2, 0.25) is 0 Å². The standard InChI is InChI=1S/C15H14BrFN2O/c1-10(4-6-12-3-2-8-20-12)19-13-7-5-11(9-18)14(16)15(13)17/h2-3,5,7-8,10,19H,4,6H2,1H3. The van der Waals surface area contributed by atoms with Crippen LogP contribution in [0.3, 0.4) is 0 Å². The molecule has 0 fully saturated rings. The summed E-state index contributed by atoms with van der Waals surface area (Å²) in [5, 5.41) is 11.9. The van der Waals surface area contributed by atoms with Crippen molar-refractivity contribution in [3.63, 3.8) is 0 Å². The molecule has 1 atom stereocenters. The van der Waals surface area contributed by atoms with Crippen LogP contribution in [0.1, 0.15) is 24.7 Å². The van der Waals surface area contributed by atoms with E-state index in [4.69, 9.17) is 9.68 Å². The van der Waals surface area contributed by atoms with Gasteiger partial charge in [-0.25, -0.2) is 4.39 Å². The van der Waals surface area contributed by atoms with E-state index in [-0.39, 0.29) is 16.1 Å². The molecule has 5 heteroatoms. The second-order valence-corrected chi connectivity index (χ2v) is 5.36. The van der Waals surface area contributed by atoms with Gasteiger partial charge in [0.15, 0.2) is 5.82 Å². The van der Waals surface area contributed by atoms with E-state index in [1.807, 2.05) is 25.1 Å². The van der Waals surface area contributed by atoms with Crippen molar-refractivity contribution >= 4 is 21.6 Å². The van der Waals surface area contributed by atoms with Gasteiger partial charge in [-0.2, -0.15) is 5.26 Å². The lowest BCUT2D eigenvalue weighted by Gasteiger charge is -2.16. The molecule has 1 aromatic carbocycles. The molecule has 2 rings (SSSR count). The monoisotopic (exact) mass is 336 g/mol. The normalized spacial score (nSPS) is 11.9. The predicted octanol–water partition coefficient (Wildman–Crippen LogP) is 4.49. The van der Waals surface area contributed by atoms with E-state index in [1.54, 1.807) is 18.4 Å². The summed E-state index contributed by atoms with van der Waals surface area (Å²) >= 11 is 3.10. The lowest BCUT2D eigenvalue weighted by Crippen LogP contribution is -2.17. The number of hydrogen-bond donors (Lipinski definition) is 1. The molecule has 0 spiro atoms. The minimum atomic E-state index is -0.436. The third-order valence-corrected chi connectivity index (χ3v) is 3.78. The molecule has 1 aromatic heterocycles. The van der Waals surface area contributed by atoms with Gasteiger partial charge < -0.3 is 9.73 Å². The van der Waals surface area contributed by atoms with Gasteiger partial charge in [-0.15, -0.1) is 0 Å². The average Bonchev–Trinajstić information content (AvgIpc) is 2.95. The summed E-state index contributed by atoms with van der Waals surface area (Å²) in [5.74, 6) is 0.481. The van der Waals surface area contributed by atoms with Crippen molar-refractivity contribution < 1.29 is 8.81 Å². The van der Waals surface area contributed by atoms with Crippen molar-refractivity contribution in [3.05, 3.63) is 52.1 Å². The Kier molecular flexibility index (Phi) is 4.80. The van der Waals surface area contributed by atoms with Crippen molar-refractivity contribution in [3.8, 4) is 6.07 Å². The first-order valence-electron chi connectivity index (χ1n) is 6.29. The van der Waals surface area contributed by atoms with E-state index in [0.717, 1.165) is 18.6 Å². The Morgan fingerprint density at radius 2 is 2.25 bits per heavy atom. The smallest absolute Gasteiger partial charge is 0.161 e. The number of rotatable bonds is 5. The fourth-order valence-electron chi connectivity index (χ4n) is 1.90. The molecule has 1 heterocycles. The molecule has 2 aromatic rings. The van der Waals surface area contributed by atoms with Crippen LogP contribution >= 0.6 is 15.9 Å². The maximum Gasteiger partial charge on any atom is 0.161 e. The van der Waals surface area contributed by atoms with Crippen molar-refractivity contribution in [2.24, 2.45) is 0 Å². The number of nitrogens with one attached hydrogen (secondary N) is 1. The van der Waals surface area contributed by atoms with Gasteiger partial charge >= 0.3 is 0 Å². The number of nitriles is 1. The Morgan fingerprint density at radius 3 is 2.90 bits per heavy atom. The van der Waals surface area contributed by atoms with E-state index < -0.39 is 5.82 Å². The van der Waals surface area contributed by atoms with Crippen LogP contribution in [0, 0.1) is 17.1 Å². The van der Waals surface area contributed by atoms with Gasteiger partial charge in [-0.05, 0) is 53.5 Å². The first-order valence-corrected chi connectivity index (χ1v) is 7.08. The van der Waals surface area contributed by atoms with E-state index in [2.05, 4.69) is 21.2 Å². The average molecular weight is 337 g/mol. The Labute approximate surface area is 125 Å². The van der Waals surface area contributed by atoms with Crippen molar-refractivity contribution in [2.75, 3.05) is 5.32 Å². The number of furan rings is 1. The molecular weight excluding hydrogens is 323 g/mol. The fourth-order valence-corrected chi connectivity index (χ4v) is 2.33. The number of benzene rings is 1. The number of halogens is 2. The van der Waals surface area contributed by atoms with Gasteiger partial charge in [0.2, 0.25) is 0 Å². The van der Waals surface area contributed by atoms with Crippen LogP contribution in [0.5, 0.6) is 0 Å².